The molecular weight excluding hydrogens is 600 g/mol. The molecule has 2 unspecified atom stereocenters. The molecule has 0 bridgehead atoms. The standard InChI is InChI=1S/C40H34N4O4/c45-35-21-9-1-13-27(35)25-41-31-17-5-7-19-33(31)43-39(29-15-3-11-23-37(29)47)40(30-16-4-12-24-38(30)48)44-34-20-8-6-18-32(34)42-26-28-14-2-10-22-36(28)46/h1-26,39-40,43-48H. The van der Waals surface area contributed by atoms with Crippen LogP contribution in [0.2, 0.25) is 0 Å². The molecule has 6 aromatic carbocycles. The number of phenols is 4. The van der Waals surface area contributed by atoms with Crippen molar-refractivity contribution in [3.05, 3.63) is 168 Å². The third-order valence-electron chi connectivity index (χ3n) is 7.87. The predicted octanol–water partition coefficient (Wildman–Crippen LogP) is 9.02. The van der Waals surface area contributed by atoms with Crippen LogP contribution in [0.3, 0.4) is 0 Å². The number of anilines is 2. The molecule has 0 aliphatic carbocycles. The third-order valence-corrected chi connectivity index (χ3v) is 7.87. The Morgan fingerprint density at radius 3 is 1.12 bits per heavy atom. The first-order valence-corrected chi connectivity index (χ1v) is 15.4. The summed E-state index contributed by atoms with van der Waals surface area (Å²) in [5.41, 5.74) is 4.81. The summed E-state index contributed by atoms with van der Waals surface area (Å²) in [6.07, 6.45) is 3.20. The zero-order valence-corrected chi connectivity index (χ0v) is 25.8. The van der Waals surface area contributed by atoms with Crippen molar-refractivity contribution in [1.29, 1.82) is 0 Å². The number of hydrogen-bond donors (Lipinski definition) is 6. The molecule has 0 aliphatic heterocycles. The van der Waals surface area contributed by atoms with Crippen LogP contribution in [0.5, 0.6) is 23.0 Å². The molecule has 0 saturated heterocycles. The van der Waals surface area contributed by atoms with Crippen molar-refractivity contribution >= 4 is 35.2 Å². The van der Waals surface area contributed by atoms with Crippen LogP contribution in [0.4, 0.5) is 22.7 Å². The van der Waals surface area contributed by atoms with E-state index in [4.69, 9.17) is 9.98 Å². The van der Waals surface area contributed by atoms with Crippen molar-refractivity contribution in [2.75, 3.05) is 10.6 Å². The first-order valence-electron chi connectivity index (χ1n) is 15.4. The van der Waals surface area contributed by atoms with Crippen LogP contribution in [-0.4, -0.2) is 32.9 Å². The fraction of sp³-hybridized carbons (Fsp3) is 0.0500. The van der Waals surface area contributed by atoms with E-state index in [-0.39, 0.29) is 23.0 Å². The number of phenolic OH excluding ortho intramolecular Hbond substituents is 4. The van der Waals surface area contributed by atoms with E-state index in [0.29, 0.717) is 45.0 Å². The summed E-state index contributed by atoms with van der Waals surface area (Å²) >= 11 is 0. The lowest BCUT2D eigenvalue weighted by Gasteiger charge is -2.32. The number of aromatic hydroxyl groups is 4. The maximum atomic E-state index is 11.2. The quantitative estimate of drug-likeness (QED) is 0.0789. The van der Waals surface area contributed by atoms with E-state index in [9.17, 15) is 20.4 Å². The Hall–Kier alpha value is -6.54. The van der Waals surface area contributed by atoms with E-state index in [0.717, 1.165) is 0 Å². The number of aliphatic imine (C=N–C) groups is 2. The zero-order valence-electron chi connectivity index (χ0n) is 25.8. The molecular formula is C40H34N4O4. The highest BCUT2D eigenvalue weighted by Gasteiger charge is 2.30. The minimum Gasteiger partial charge on any atom is -0.508 e. The van der Waals surface area contributed by atoms with Crippen LogP contribution in [0, 0.1) is 0 Å². The van der Waals surface area contributed by atoms with Crippen molar-refractivity contribution in [3.63, 3.8) is 0 Å². The summed E-state index contributed by atoms with van der Waals surface area (Å²) in [5.74, 6) is 0.370. The molecule has 6 rings (SSSR count). The van der Waals surface area contributed by atoms with Crippen molar-refractivity contribution in [2.45, 2.75) is 12.1 Å². The highest BCUT2D eigenvalue weighted by Crippen LogP contribution is 2.43. The molecule has 0 fully saturated rings. The van der Waals surface area contributed by atoms with Gasteiger partial charge in [0.25, 0.3) is 0 Å². The average Bonchev–Trinajstić information content (AvgIpc) is 3.11. The van der Waals surface area contributed by atoms with E-state index >= 15 is 0 Å². The van der Waals surface area contributed by atoms with Gasteiger partial charge in [-0.25, -0.2) is 0 Å². The normalized spacial score (nSPS) is 12.6. The Morgan fingerprint density at radius 2 is 0.729 bits per heavy atom. The van der Waals surface area contributed by atoms with Gasteiger partial charge in [0.2, 0.25) is 0 Å². The van der Waals surface area contributed by atoms with Gasteiger partial charge < -0.3 is 31.1 Å². The lowest BCUT2D eigenvalue weighted by molar-refractivity contribution is 0.447. The maximum Gasteiger partial charge on any atom is 0.124 e. The number of nitrogens with one attached hydrogen (secondary N) is 2. The molecule has 8 heteroatoms. The minimum absolute atomic E-state index is 0.0678. The van der Waals surface area contributed by atoms with Crippen molar-refractivity contribution in [1.82, 2.24) is 0 Å². The Bertz CT molecular complexity index is 1930. The molecule has 2 atom stereocenters. The summed E-state index contributed by atoms with van der Waals surface area (Å²) in [7, 11) is 0. The number of rotatable bonds is 11. The Labute approximate surface area is 278 Å². The van der Waals surface area contributed by atoms with Crippen LogP contribution < -0.4 is 10.6 Å². The van der Waals surface area contributed by atoms with Gasteiger partial charge in [0.05, 0.1) is 34.8 Å². The second-order valence-corrected chi connectivity index (χ2v) is 11.0. The van der Waals surface area contributed by atoms with Crippen LogP contribution in [-0.2, 0) is 0 Å². The largest absolute Gasteiger partial charge is 0.508 e. The number of hydrogen-bond acceptors (Lipinski definition) is 8. The number of para-hydroxylation sites is 8. The fourth-order valence-corrected chi connectivity index (χ4v) is 5.41. The van der Waals surface area contributed by atoms with E-state index < -0.39 is 12.1 Å². The van der Waals surface area contributed by atoms with E-state index in [1.807, 2.05) is 84.9 Å². The number of nitrogens with zero attached hydrogens (tertiary/aromatic N) is 2. The molecule has 0 spiro atoms. The summed E-state index contributed by atoms with van der Waals surface area (Å²) in [6, 6.07) is 41.7. The molecule has 0 amide bonds. The molecule has 48 heavy (non-hydrogen) atoms. The van der Waals surface area contributed by atoms with E-state index in [2.05, 4.69) is 10.6 Å². The van der Waals surface area contributed by atoms with Gasteiger partial charge in [0.1, 0.15) is 23.0 Å². The molecule has 0 aliphatic rings. The zero-order chi connectivity index (χ0) is 33.3. The summed E-state index contributed by atoms with van der Waals surface area (Å²) in [5, 5.41) is 50.2. The maximum absolute atomic E-state index is 11.2. The van der Waals surface area contributed by atoms with Crippen LogP contribution >= 0.6 is 0 Å². The van der Waals surface area contributed by atoms with Gasteiger partial charge in [-0.2, -0.15) is 0 Å². The summed E-state index contributed by atoms with van der Waals surface area (Å²) in [6.45, 7) is 0. The lowest BCUT2D eigenvalue weighted by Crippen LogP contribution is -2.26. The van der Waals surface area contributed by atoms with Gasteiger partial charge >= 0.3 is 0 Å². The number of benzene rings is 6. The smallest absolute Gasteiger partial charge is 0.124 e. The van der Waals surface area contributed by atoms with Crippen LogP contribution in [0.1, 0.15) is 34.3 Å². The molecule has 0 radical (unpaired) electrons. The van der Waals surface area contributed by atoms with Gasteiger partial charge in [0, 0.05) is 34.7 Å². The molecule has 8 nitrogen and oxygen atoms in total. The topological polar surface area (TPSA) is 130 Å². The first-order chi connectivity index (χ1) is 23.5. The molecule has 0 saturated carbocycles. The van der Waals surface area contributed by atoms with Gasteiger partial charge in [0.15, 0.2) is 0 Å². The van der Waals surface area contributed by atoms with Gasteiger partial charge in [-0.15, -0.1) is 0 Å². The highest BCUT2D eigenvalue weighted by molar-refractivity contribution is 5.88. The van der Waals surface area contributed by atoms with E-state index in [1.165, 1.54) is 0 Å². The van der Waals surface area contributed by atoms with Crippen molar-refractivity contribution in [2.24, 2.45) is 9.98 Å². The van der Waals surface area contributed by atoms with Gasteiger partial charge in [-0.05, 0) is 60.7 Å². The van der Waals surface area contributed by atoms with Crippen LogP contribution in [0.15, 0.2) is 156 Å². The second-order valence-electron chi connectivity index (χ2n) is 11.0. The minimum atomic E-state index is -0.656. The second kappa shape index (κ2) is 14.7. The monoisotopic (exact) mass is 634 g/mol. The first kappa shape index (κ1) is 31.4. The molecule has 6 N–H and O–H groups in total. The molecule has 238 valence electrons. The lowest BCUT2D eigenvalue weighted by atomic mass is 9.91. The molecule has 6 aromatic rings. The van der Waals surface area contributed by atoms with Gasteiger partial charge in [-0.1, -0.05) is 84.9 Å². The Morgan fingerprint density at radius 1 is 0.396 bits per heavy atom. The third kappa shape index (κ3) is 7.29. The average molecular weight is 635 g/mol. The Balaban J connectivity index is 1.45. The predicted molar refractivity (Wildman–Crippen MR) is 193 cm³/mol. The van der Waals surface area contributed by atoms with Gasteiger partial charge in [-0.3, -0.25) is 9.98 Å². The molecule has 0 heterocycles. The Kier molecular flexibility index (Phi) is 9.63. The van der Waals surface area contributed by atoms with Crippen LogP contribution in [0.25, 0.3) is 0 Å². The molecule has 0 aromatic heterocycles. The van der Waals surface area contributed by atoms with E-state index in [1.54, 1.807) is 73.1 Å². The van der Waals surface area contributed by atoms with Crippen molar-refractivity contribution < 1.29 is 20.4 Å². The fourth-order valence-electron chi connectivity index (χ4n) is 5.41. The summed E-state index contributed by atoms with van der Waals surface area (Å²) in [4.78, 5) is 9.39. The SMILES string of the molecule is Oc1ccccc1C=Nc1ccccc1NC(c1ccccc1O)C(Nc1ccccc1N=Cc1ccccc1O)c1ccccc1O. The highest BCUT2D eigenvalue weighted by atomic mass is 16.3. The van der Waals surface area contributed by atoms with Crippen molar-refractivity contribution in [3.8, 4) is 23.0 Å². The summed E-state index contributed by atoms with van der Waals surface area (Å²) < 4.78 is 0.